The maximum atomic E-state index is 5.43. The van der Waals surface area contributed by atoms with E-state index in [2.05, 4.69) is 0 Å². The number of benzene rings is 1. The van der Waals surface area contributed by atoms with Crippen LogP contribution in [0.4, 0.5) is 22.7 Å². The molecule has 4 nitrogen and oxygen atoms in total. The van der Waals surface area contributed by atoms with Crippen molar-refractivity contribution < 1.29 is 11.5 Å². The minimum absolute atomic E-state index is 0.465. The third kappa shape index (κ3) is 1.02. The molecule has 0 atom stereocenters. The Kier molecular flexibility index (Phi) is 1.48. The van der Waals surface area contributed by atoms with E-state index in [-0.39, 0.29) is 0 Å². The van der Waals surface area contributed by atoms with Crippen molar-refractivity contribution in [2.75, 3.05) is 11.5 Å². The summed E-state index contributed by atoms with van der Waals surface area (Å²) in [4.78, 5) is 0. The van der Waals surface area contributed by atoms with Gasteiger partial charge in [-0.2, -0.15) is 11.5 Å². The van der Waals surface area contributed by atoms with E-state index in [1.807, 2.05) is 0 Å². The van der Waals surface area contributed by atoms with E-state index in [1.165, 1.54) is 0 Å². The molecule has 0 saturated carbocycles. The first-order valence-electron chi connectivity index (χ1n) is 2.81. The van der Waals surface area contributed by atoms with Crippen molar-refractivity contribution >= 4 is 22.7 Å². The highest BCUT2D eigenvalue weighted by molar-refractivity contribution is 5.72. The molecule has 0 aliphatic rings. The Labute approximate surface area is 58.8 Å². The second-order valence-corrected chi connectivity index (χ2v) is 2.11. The van der Waals surface area contributed by atoms with Crippen LogP contribution in [0.1, 0.15) is 0 Å². The molecule has 0 unspecified atom stereocenters. The molecule has 0 aliphatic heterocycles. The molecule has 4 heteroatoms. The van der Waals surface area contributed by atoms with Crippen LogP contribution in [-0.4, -0.2) is 0 Å². The van der Waals surface area contributed by atoms with Crippen LogP contribution in [0.5, 0.6) is 0 Å². The number of nitrogen functional groups attached to an aromatic ring is 4. The number of nitrogens with two attached hydrogens (primary N) is 4. The molecule has 0 aliphatic carbocycles. The van der Waals surface area contributed by atoms with Crippen molar-refractivity contribution in [2.24, 2.45) is 0 Å². The predicted octanol–water partition coefficient (Wildman–Crippen LogP) is -1.83. The van der Waals surface area contributed by atoms with Crippen LogP contribution in [0.2, 0.25) is 0 Å². The molecule has 1 aromatic rings. The molecule has 0 spiro atoms. The van der Waals surface area contributed by atoms with E-state index in [0.717, 1.165) is 0 Å². The van der Waals surface area contributed by atoms with Crippen molar-refractivity contribution in [1.29, 1.82) is 0 Å². The third-order valence-corrected chi connectivity index (χ3v) is 1.29. The number of hydrogen-bond acceptors (Lipinski definition) is 4. The Balaban J connectivity index is 3.28. The minimum atomic E-state index is 0.465. The van der Waals surface area contributed by atoms with Gasteiger partial charge in [0.1, 0.15) is 11.4 Å². The standard InChI is InChI=1S/C6H10N4/c7-3-1-4(8)6(10)2-5(3)9/h1-2H,7-10H2/q+2. The largest absolute Gasteiger partial charge is 0.394 e. The average molecular weight is 138 g/mol. The van der Waals surface area contributed by atoms with Crippen LogP contribution in [0, 0.1) is 0 Å². The highest BCUT2D eigenvalue weighted by Crippen LogP contribution is 2.21. The SMILES string of the molecule is Nc1cc(N)c([NH2+])cc1[NH2+]. The third-order valence-electron chi connectivity index (χ3n) is 1.29. The molecule has 0 fully saturated rings. The van der Waals surface area contributed by atoms with Crippen molar-refractivity contribution in [2.45, 2.75) is 0 Å². The van der Waals surface area contributed by atoms with Gasteiger partial charge in [0.05, 0.1) is 6.07 Å². The van der Waals surface area contributed by atoms with Gasteiger partial charge in [-0.05, 0) is 6.07 Å². The first-order chi connectivity index (χ1) is 4.61. The summed E-state index contributed by atoms with van der Waals surface area (Å²) in [6.45, 7) is 0. The zero-order valence-corrected chi connectivity index (χ0v) is 5.46. The molecular weight excluding hydrogens is 128 g/mol. The van der Waals surface area contributed by atoms with Gasteiger partial charge in [0, 0.05) is 0 Å². The summed E-state index contributed by atoms with van der Waals surface area (Å²) >= 11 is 0. The molecule has 1 aromatic carbocycles. The van der Waals surface area contributed by atoms with Crippen LogP contribution in [0.3, 0.4) is 0 Å². The molecule has 0 saturated heterocycles. The van der Waals surface area contributed by atoms with E-state index >= 15 is 0 Å². The van der Waals surface area contributed by atoms with Crippen LogP contribution < -0.4 is 22.9 Å². The highest BCUT2D eigenvalue weighted by atomic mass is 14.7. The lowest BCUT2D eigenvalue weighted by atomic mass is 10.2. The topological polar surface area (TPSA) is 103 Å². The van der Waals surface area contributed by atoms with E-state index in [9.17, 15) is 0 Å². The fraction of sp³-hybridized carbons (Fsp3) is 0. The second-order valence-electron chi connectivity index (χ2n) is 2.11. The first-order valence-corrected chi connectivity index (χ1v) is 2.81. The Morgan fingerprint density at radius 3 is 1.60 bits per heavy atom. The number of hydrogen-bond donors (Lipinski definition) is 4. The van der Waals surface area contributed by atoms with Gasteiger partial charge < -0.3 is 11.5 Å². The lowest BCUT2D eigenvalue weighted by Crippen LogP contribution is -2.45. The van der Waals surface area contributed by atoms with Gasteiger partial charge in [0.2, 0.25) is 11.4 Å². The maximum Gasteiger partial charge on any atom is 0.206 e. The van der Waals surface area contributed by atoms with Gasteiger partial charge in [-0.1, -0.05) is 0 Å². The zero-order valence-electron chi connectivity index (χ0n) is 5.46. The van der Waals surface area contributed by atoms with E-state index in [4.69, 9.17) is 22.9 Å². The first kappa shape index (κ1) is 6.85. The number of rotatable bonds is 0. The quantitative estimate of drug-likeness (QED) is 0.317. The lowest BCUT2D eigenvalue weighted by Gasteiger charge is -1.94. The Morgan fingerprint density at radius 1 is 0.900 bits per heavy atom. The summed E-state index contributed by atoms with van der Waals surface area (Å²) < 4.78 is 0. The van der Waals surface area contributed by atoms with Gasteiger partial charge in [0.25, 0.3) is 0 Å². The average Bonchev–Trinajstić information content (AvgIpc) is 1.84. The zero-order chi connectivity index (χ0) is 7.72. The Morgan fingerprint density at radius 2 is 1.30 bits per heavy atom. The summed E-state index contributed by atoms with van der Waals surface area (Å²) in [5, 5.41) is 0. The molecule has 0 aromatic heterocycles. The maximum absolute atomic E-state index is 5.43. The summed E-state index contributed by atoms with van der Waals surface area (Å²) in [5.74, 6) is 0. The molecule has 1 rings (SSSR count). The summed E-state index contributed by atoms with van der Waals surface area (Å²) in [5.41, 5.74) is 23.6. The fourth-order valence-corrected chi connectivity index (χ4v) is 0.668. The minimum Gasteiger partial charge on any atom is -0.394 e. The molecule has 0 heterocycles. The van der Waals surface area contributed by atoms with Crippen molar-refractivity contribution in [3.05, 3.63) is 12.1 Å². The fourth-order valence-electron chi connectivity index (χ4n) is 0.668. The van der Waals surface area contributed by atoms with Gasteiger partial charge in [-0.15, -0.1) is 0 Å². The van der Waals surface area contributed by atoms with Gasteiger partial charge in [0.15, 0.2) is 0 Å². The molecule has 8 N–H and O–H groups in total. The second kappa shape index (κ2) is 2.17. The van der Waals surface area contributed by atoms with E-state index in [0.29, 0.717) is 22.7 Å². The Bertz CT molecular complexity index is 206. The smallest absolute Gasteiger partial charge is 0.206 e. The summed E-state index contributed by atoms with van der Waals surface area (Å²) in [6, 6.07) is 3.09. The van der Waals surface area contributed by atoms with Gasteiger partial charge >= 0.3 is 0 Å². The summed E-state index contributed by atoms with van der Waals surface area (Å²) in [7, 11) is 0. The molecule has 10 heavy (non-hydrogen) atoms. The number of anilines is 4. The predicted molar refractivity (Wildman–Crippen MR) is 38.4 cm³/mol. The van der Waals surface area contributed by atoms with E-state index in [1.54, 1.807) is 12.1 Å². The lowest BCUT2D eigenvalue weighted by molar-refractivity contribution is -0.264. The van der Waals surface area contributed by atoms with Crippen LogP contribution in [-0.2, 0) is 0 Å². The van der Waals surface area contributed by atoms with Crippen LogP contribution in [0.15, 0.2) is 12.1 Å². The normalized spacial score (nSPS) is 9.80. The summed E-state index contributed by atoms with van der Waals surface area (Å²) in [6.07, 6.45) is 0. The van der Waals surface area contributed by atoms with Crippen molar-refractivity contribution in [3.8, 4) is 0 Å². The van der Waals surface area contributed by atoms with Crippen molar-refractivity contribution in [1.82, 2.24) is 0 Å². The highest BCUT2D eigenvalue weighted by Gasteiger charge is 2.07. The van der Waals surface area contributed by atoms with Crippen LogP contribution >= 0.6 is 0 Å². The Hall–Kier alpha value is -1.26. The molecule has 0 amide bonds. The molecular formula is C6H10N4+2. The van der Waals surface area contributed by atoms with Gasteiger partial charge in [-0.3, -0.25) is 0 Å². The monoisotopic (exact) mass is 138 g/mol. The molecule has 2 radical (unpaired) electrons. The van der Waals surface area contributed by atoms with Gasteiger partial charge in [-0.25, -0.2) is 0 Å². The van der Waals surface area contributed by atoms with E-state index < -0.39 is 0 Å². The van der Waals surface area contributed by atoms with Crippen molar-refractivity contribution in [3.63, 3.8) is 0 Å². The molecule has 52 valence electrons. The molecule has 0 bridgehead atoms. The van der Waals surface area contributed by atoms with Crippen LogP contribution in [0.25, 0.3) is 0 Å².